The summed E-state index contributed by atoms with van der Waals surface area (Å²) in [5.41, 5.74) is 5.88. The van der Waals surface area contributed by atoms with Crippen LogP contribution in [0, 0.1) is 0 Å². The molecule has 0 aliphatic carbocycles. The number of aromatic nitrogens is 2. The van der Waals surface area contributed by atoms with Crippen molar-refractivity contribution in [3.05, 3.63) is 12.1 Å². The second-order valence-electron chi connectivity index (χ2n) is 3.17. The van der Waals surface area contributed by atoms with Gasteiger partial charge in [-0.15, -0.1) is 5.10 Å². The van der Waals surface area contributed by atoms with E-state index in [1.807, 2.05) is 0 Å². The van der Waals surface area contributed by atoms with Crippen LogP contribution in [0.15, 0.2) is 16.5 Å². The minimum Gasteiger partial charge on any atom is -0.502 e. The van der Waals surface area contributed by atoms with Crippen LogP contribution in [-0.4, -0.2) is 29.5 Å². The van der Waals surface area contributed by atoms with Crippen LogP contribution in [-0.2, 0) is 0 Å². The molecule has 0 unspecified atom stereocenters. The number of rotatable bonds is 3. The average molecular weight is 237 g/mol. The third-order valence-electron chi connectivity index (χ3n) is 2.17. The van der Waals surface area contributed by atoms with E-state index in [9.17, 15) is 5.11 Å². The summed E-state index contributed by atoms with van der Waals surface area (Å²) in [6, 6.07) is 3.06. The van der Waals surface area contributed by atoms with Gasteiger partial charge in [0.2, 0.25) is 11.6 Å². The van der Waals surface area contributed by atoms with E-state index in [-0.39, 0.29) is 29.2 Å². The normalized spacial score (nSPS) is 10.2. The zero-order chi connectivity index (χ0) is 12.4. The molecular weight excluding hydrogens is 226 g/mol. The SMILES string of the molecule is COc1cc(-c2nnc(N)o2)cc(OC)c1O. The zero-order valence-corrected chi connectivity index (χ0v) is 9.30. The highest BCUT2D eigenvalue weighted by Gasteiger charge is 2.15. The predicted molar refractivity (Wildman–Crippen MR) is 58.9 cm³/mol. The highest BCUT2D eigenvalue weighted by Crippen LogP contribution is 2.39. The molecule has 0 radical (unpaired) electrons. The van der Waals surface area contributed by atoms with Crippen molar-refractivity contribution in [2.75, 3.05) is 20.0 Å². The Kier molecular flexibility index (Phi) is 2.73. The van der Waals surface area contributed by atoms with E-state index in [1.165, 1.54) is 14.2 Å². The molecule has 1 aromatic heterocycles. The molecule has 2 rings (SSSR count). The lowest BCUT2D eigenvalue weighted by molar-refractivity contribution is 0.340. The molecule has 0 atom stereocenters. The van der Waals surface area contributed by atoms with Crippen LogP contribution in [0.1, 0.15) is 0 Å². The van der Waals surface area contributed by atoms with E-state index in [0.29, 0.717) is 5.56 Å². The van der Waals surface area contributed by atoms with E-state index in [1.54, 1.807) is 12.1 Å². The molecule has 7 nitrogen and oxygen atoms in total. The van der Waals surface area contributed by atoms with Gasteiger partial charge in [-0.1, -0.05) is 5.10 Å². The van der Waals surface area contributed by atoms with Crippen molar-refractivity contribution in [3.63, 3.8) is 0 Å². The molecule has 0 aliphatic rings. The van der Waals surface area contributed by atoms with Crippen LogP contribution in [0.25, 0.3) is 11.5 Å². The Morgan fingerprint density at radius 2 is 1.76 bits per heavy atom. The molecule has 7 heteroatoms. The van der Waals surface area contributed by atoms with Gasteiger partial charge in [-0.3, -0.25) is 0 Å². The van der Waals surface area contributed by atoms with Crippen molar-refractivity contribution in [1.29, 1.82) is 0 Å². The van der Waals surface area contributed by atoms with Gasteiger partial charge in [0.15, 0.2) is 11.5 Å². The Bertz CT molecular complexity index is 513. The van der Waals surface area contributed by atoms with Crippen molar-refractivity contribution in [2.24, 2.45) is 0 Å². The molecule has 17 heavy (non-hydrogen) atoms. The van der Waals surface area contributed by atoms with Gasteiger partial charge >= 0.3 is 6.01 Å². The van der Waals surface area contributed by atoms with Crippen molar-refractivity contribution in [2.45, 2.75) is 0 Å². The average Bonchev–Trinajstić information content (AvgIpc) is 2.76. The van der Waals surface area contributed by atoms with Gasteiger partial charge in [0, 0.05) is 5.56 Å². The summed E-state index contributed by atoms with van der Waals surface area (Å²) < 4.78 is 15.1. The molecular formula is C10H11N3O4. The largest absolute Gasteiger partial charge is 0.502 e. The zero-order valence-electron chi connectivity index (χ0n) is 9.30. The number of nitrogen functional groups attached to an aromatic ring is 1. The van der Waals surface area contributed by atoms with Crippen LogP contribution >= 0.6 is 0 Å². The number of hydrogen-bond donors (Lipinski definition) is 2. The van der Waals surface area contributed by atoms with Gasteiger partial charge in [-0.25, -0.2) is 0 Å². The van der Waals surface area contributed by atoms with Gasteiger partial charge in [0.25, 0.3) is 0 Å². The van der Waals surface area contributed by atoms with Gasteiger partial charge in [-0.05, 0) is 12.1 Å². The van der Waals surface area contributed by atoms with E-state index < -0.39 is 0 Å². The Balaban J connectivity index is 2.55. The van der Waals surface area contributed by atoms with E-state index in [2.05, 4.69) is 10.2 Å². The van der Waals surface area contributed by atoms with Crippen molar-refractivity contribution in [1.82, 2.24) is 10.2 Å². The maximum atomic E-state index is 9.72. The molecule has 0 saturated carbocycles. The number of nitrogens with zero attached hydrogens (tertiary/aromatic N) is 2. The number of benzene rings is 1. The van der Waals surface area contributed by atoms with E-state index >= 15 is 0 Å². The van der Waals surface area contributed by atoms with Gasteiger partial charge in [-0.2, -0.15) is 0 Å². The third-order valence-corrected chi connectivity index (χ3v) is 2.17. The number of phenolic OH excluding ortho intramolecular Hbond substituents is 1. The maximum Gasteiger partial charge on any atom is 0.313 e. The molecule has 0 bridgehead atoms. The molecule has 0 fully saturated rings. The van der Waals surface area contributed by atoms with Crippen LogP contribution in [0.3, 0.4) is 0 Å². The molecule has 3 N–H and O–H groups in total. The lowest BCUT2D eigenvalue weighted by atomic mass is 10.2. The van der Waals surface area contributed by atoms with E-state index in [0.717, 1.165) is 0 Å². The third kappa shape index (κ3) is 1.94. The number of hydrogen-bond acceptors (Lipinski definition) is 7. The molecule has 1 aromatic carbocycles. The van der Waals surface area contributed by atoms with E-state index in [4.69, 9.17) is 19.6 Å². The molecule has 0 aliphatic heterocycles. The summed E-state index contributed by atoms with van der Waals surface area (Å²) in [6.45, 7) is 0. The smallest absolute Gasteiger partial charge is 0.313 e. The highest BCUT2D eigenvalue weighted by atomic mass is 16.5. The summed E-state index contributed by atoms with van der Waals surface area (Å²) in [7, 11) is 2.86. The van der Waals surface area contributed by atoms with Crippen molar-refractivity contribution in [3.8, 4) is 28.7 Å². The van der Waals surface area contributed by atoms with Crippen LogP contribution in [0.4, 0.5) is 6.01 Å². The lowest BCUT2D eigenvalue weighted by Crippen LogP contribution is -1.90. The first-order chi connectivity index (χ1) is 8.15. The minimum atomic E-state index is -0.0914. The first-order valence-electron chi connectivity index (χ1n) is 4.70. The second kappa shape index (κ2) is 4.20. The first kappa shape index (κ1) is 11.1. The lowest BCUT2D eigenvalue weighted by Gasteiger charge is -2.09. The van der Waals surface area contributed by atoms with Crippen LogP contribution in [0.5, 0.6) is 17.2 Å². The number of nitrogens with two attached hydrogens (primary N) is 1. The molecule has 0 amide bonds. The van der Waals surface area contributed by atoms with Crippen LogP contribution < -0.4 is 15.2 Å². The topological polar surface area (TPSA) is 104 Å². The predicted octanol–water partition coefficient (Wildman–Crippen LogP) is 1.04. The summed E-state index contributed by atoms with van der Waals surface area (Å²) in [4.78, 5) is 0. The monoisotopic (exact) mass is 237 g/mol. The molecule has 1 heterocycles. The quantitative estimate of drug-likeness (QED) is 0.821. The van der Waals surface area contributed by atoms with Crippen molar-refractivity contribution >= 4 is 6.01 Å². The van der Waals surface area contributed by atoms with Crippen LogP contribution in [0.2, 0.25) is 0 Å². The Hall–Kier alpha value is -2.44. The van der Waals surface area contributed by atoms with Gasteiger partial charge in [0.1, 0.15) is 0 Å². The maximum absolute atomic E-state index is 9.72. The fourth-order valence-electron chi connectivity index (χ4n) is 1.37. The Labute approximate surface area is 96.8 Å². The summed E-state index contributed by atoms with van der Waals surface area (Å²) in [5, 5.41) is 17.0. The summed E-state index contributed by atoms with van der Waals surface area (Å²) >= 11 is 0. The summed E-state index contributed by atoms with van der Waals surface area (Å²) in [5.74, 6) is 0.623. The number of phenols is 1. The second-order valence-corrected chi connectivity index (χ2v) is 3.17. The Morgan fingerprint density at radius 1 is 1.18 bits per heavy atom. The Morgan fingerprint density at radius 3 is 2.18 bits per heavy atom. The molecule has 2 aromatic rings. The molecule has 90 valence electrons. The number of anilines is 1. The fourth-order valence-corrected chi connectivity index (χ4v) is 1.37. The minimum absolute atomic E-state index is 0.0361. The molecule has 0 saturated heterocycles. The first-order valence-corrected chi connectivity index (χ1v) is 4.70. The van der Waals surface area contributed by atoms with Crippen molar-refractivity contribution < 1.29 is 19.0 Å². The molecule has 0 spiro atoms. The highest BCUT2D eigenvalue weighted by molar-refractivity contribution is 5.65. The number of aromatic hydroxyl groups is 1. The fraction of sp³-hybridized carbons (Fsp3) is 0.200. The number of ether oxygens (including phenoxy) is 2. The standard InChI is InChI=1S/C10H11N3O4/c1-15-6-3-5(4-7(16-2)8(6)14)9-12-13-10(11)17-9/h3-4,14H,1-2H3,(H2,11,13). The number of methoxy groups -OCH3 is 2. The summed E-state index contributed by atoms with van der Waals surface area (Å²) in [6.07, 6.45) is 0. The van der Waals surface area contributed by atoms with Gasteiger partial charge in [0.05, 0.1) is 14.2 Å². The van der Waals surface area contributed by atoms with Gasteiger partial charge < -0.3 is 24.7 Å².